The molecule has 1 aliphatic heterocycles. The minimum Gasteiger partial charge on any atom is -0.494 e. The van der Waals surface area contributed by atoms with E-state index in [1.165, 1.54) is 45.3 Å². The predicted octanol–water partition coefficient (Wildman–Crippen LogP) is 5.36. The molecule has 0 N–H and O–H groups in total. The Kier molecular flexibility index (Phi) is 5.91. The molecule has 0 amide bonds. The average molecular weight is 350 g/mol. The number of ether oxygens (including phenoxy) is 1. The molecule has 0 aromatic heterocycles. The van der Waals surface area contributed by atoms with E-state index in [0.717, 1.165) is 36.5 Å². The third-order valence-electron chi connectivity index (χ3n) is 6.12. The Morgan fingerprint density at radius 1 is 0.885 bits per heavy atom. The Labute approximate surface area is 158 Å². The van der Waals surface area contributed by atoms with Crippen molar-refractivity contribution in [1.82, 2.24) is 4.90 Å². The van der Waals surface area contributed by atoms with Gasteiger partial charge in [0.05, 0.1) is 6.61 Å². The lowest BCUT2D eigenvalue weighted by atomic mass is 9.90. The summed E-state index contributed by atoms with van der Waals surface area (Å²) < 4.78 is 5.81. The zero-order valence-electron chi connectivity index (χ0n) is 15.7. The van der Waals surface area contributed by atoms with Gasteiger partial charge in [-0.3, -0.25) is 0 Å². The molecule has 2 aromatic rings. The number of hydrogen-bond donors (Lipinski definition) is 0. The van der Waals surface area contributed by atoms with Gasteiger partial charge in [0.1, 0.15) is 5.75 Å². The van der Waals surface area contributed by atoms with E-state index in [1.807, 2.05) is 30.3 Å². The van der Waals surface area contributed by atoms with Crippen molar-refractivity contribution in [1.29, 1.82) is 0 Å². The second-order valence-electron chi connectivity index (χ2n) is 8.05. The van der Waals surface area contributed by atoms with Crippen LogP contribution in [0.1, 0.15) is 43.6 Å². The van der Waals surface area contributed by atoms with Crippen molar-refractivity contribution in [2.45, 2.75) is 38.0 Å². The second-order valence-corrected chi connectivity index (χ2v) is 8.05. The summed E-state index contributed by atoms with van der Waals surface area (Å²) >= 11 is 0. The molecular formula is C24H31NO. The molecule has 2 heteroatoms. The number of likely N-dealkylation sites (tertiary alicyclic amines) is 1. The lowest BCUT2D eigenvalue weighted by molar-refractivity contribution is 0.163. The minimum absolute atomic E-state index is 0.824. The van der Waals surface area contributed by atoms with Crippen LogP contribution in [0.5, 0.6) is 5.75 Å². The molecule has 26 heavy (non-hydrogen) atoms. The van der Waals surface area contributed by atoms with Crippen LogP contribution in [0.2, 0.25) is 0 Å². The van der Waals surface area contributed by atoms with E-state index in [4.69, 9.17) is 4.74 Å². The summed E-state index contributed by atoms with van der Waals surface area (Å²) in [6.07, 6.45) is 6.76. The fraction of sp³-hybridized carbons (Fsp3) is 0.500. The highest BCUT2D eigenvalue weighted by Gasteiger charge is 2.39. The maximum atomic E-state index is 5.81. The number of piperidine rings is 1. The molecule has 2 fully saturated rings. The molecule has 1 heterocycles. The Morgan fingerprint density at radius 2 is 1.58 bits per heavy atom. The van der Waals surface area contributed by atoms with Gasteiger partial charge in [-0.1, -0.05) is 48.5 Å². The first kappa shape index (κ1) is 17.6. The first-order valence-corrected chi connectivity index (χ1v) is 10.3. The number of rotatable bonds is 8. The second kappa shape index (κ2) is 8.73. The molecule has 0 radical (unpaired) electrons. The minimum atomic E-state index is 0.824. The van der Waals surface area contributed by atoms with Gasteiger partial charge in [0.15, 0.2) is 0 Å². The molecule has 2 aromatic carbocycles. The predicted molar refractivity (Wildman–Crippen MR) is 108 cm³/mol. The maximum Gasteiger partial charge on any atom is 0.119 e. The van der Waals surface area contributed by atoms with E-state index in [9.17, 15) is 0 Å². The molecule has 1 saturated heterocycles. The highest BCUT2D eigenvalue weighted by Crippen LogP contribution is 2.51. The van der Waals surface area contributed by atoms with Crippen LogP contribution in [0.3, 0.4) is 0 Å². The van der Waals surface area contributed by atoms with E-state index in [1.54, 1.807) is 5.56 Å². The summed E-state index contributed by atoms with van der Waals surface area (Å²) in [6, 6.07) is 21.3. The largest absolute Gasteiger partial charge is 0.494 e. The summed E-state index contributed by atoms with van der Waals surface area (Å²) in [6.45, 7) is 4.55. The van der Waals surface area contributed by atoms with Gasteiger partial charge in [0.25, 0.3) is 0 Å². The number of benzene rings is 2. The quantitative estimate of drug-likeness (QED) is 0.595. The van der Waals surface area contributed by atoms with Crippen LogP contribution >= 0.6 is 0 Å². The normalized spacial score (nSPS) is 23.7. The zero-order valence-corrected chi connectivity index (χ0v) is 15.7. The van der Waals surface area contributed by atoms with E-state index < -0.39 is 0 Å². The summed E-state index contributed by atoms with van der Waals surface area (Å²) in [5.41, 5.74) is 1.56. The SMILES string of the molecule is c1ccc(OCCCN2CCC(C[C@@H]3C[C@H]3c3ccccc3)CC2)cc1. The van der Waals surface area contributed by atoms with Crippen LogP contribution < -0.4 is 4.74 Å². The van der Waals surface area contributed by atoms with E-state index in [2.05, 4.69) is 35.2 Å². The molecule has 1 aliphatic carbocycles. The fourth-order valence-electron chi connectivity index (χ4n) is 4.49. The third kappa shape index (κ3) is 4.88. The van der Waals surface area contributed by atoms with Crippen molar-refractivity contribution in [3.8, 4) is 5.75 Å². The first-order chi connectivity index (χ1) is 12.9. The highest BCUT2D eigenvalue weighted by molar-refractivity contribution is 5.25. The molecule has 0 spiro atoms. The van der Waals surface area contributed by atoms with Crippen LogP contribution in [0.25, 0.3) is 0 Å². The van der Waals surface area contributed by atoms with Crippen molar-refractivity contribution in [3.05, 3.63) is 66.2 Å². The zero-order chi connectivity index (χ0) is 17.6. The van der Waals surface area contributed by atoms with Crippen molar-refractivity contribution in [2.24, 2.45) is 11.8 Å². The van der Waals surface area contributed by atoms with Gasteiger partial charge in [-0.25, -0.2) is 0 Å². The number of nitrogens with zero attached hydrogens (tertiary/aromatic N) is 1. The molecule has 4 rings (SSSR count). The van der Waals surface area contributed by atoms with Gasteiger partial charge < -0.3 is 9.64 Å². The van der Waals surface area contributed by atoms with Crippen LogP contribution in [-0.4, -0.2) is 31.1 Å². The summed E-state index contributed by atoms with van der Waals surface area (Å²) in [4.78, 5) is 2.63. The van der Waals surface area contributed by atoms with E-state index >= 15 is 0 Å². The molecule has 0 unspecified atom stereocenters. The van der Waals surface area contributed by atoms with Crippen LogP contribution in [0.4, 0.5) is 0 Å². The summed E-state index contributed by atoms with van der Waals surface area (Å²) in [7, 11) is 0. The summed E-state index contributed by atoms with van der Waals surface area (Å²) in [5.74, 6) is 3.74. The Balaban J connectivity index is 1.10. The van der Waals surface area contributed by atoms with E-state index in [0.29, 0.717) is 0 Å². The molecule has 1 saturated carbocycles. The van der Waals surface area contributed by atoms with E-state index in [-0.39, 0.29) is 0 Å². The van der Waals surface area contributed by atoms with Crippen molar-refractivity contribution in [2.75, 3.05) is 26.2 Å². The fourth-order valence-corrected chi connectivity index (χ4v) is 4.49. The average Bonchev–Trinajstić information content (AvgIpc) is 3.47. The van der Waals surface area contributed by atoms with Crippen molar-refractivity contribution in [3.63, 3.8) is 0 Å². The molecule has 138 valence electrons. The van der Waals surface area contributed by atoms with Crippen LogP contribution in [0, 0.1) is 11.8 Å². The van der Waals surface area contributed by atoms with Gasteiger partial charge in [-0.15, -0.1) is 0 Å². The summed E-state index contributed by atoms with van der Waals surface area (Å²) in [5, 5.41) is 0. The van der Waals surface area contributed by atoms with Gasteiger partial charge in [-0.05, 0) is 80.6 Å². The topological polar surface area (TPSA) is 12.5 Å². The smallest absolute Gasteiger partial charge is 0.119 e. The Morgan fingerprint density at radius 3 is 2.31 bits per heavy atom. The van der Waals surface area contributed by atoms with Crippen LogP contribution in [0.15, 0.2) is 60.7 Å². The monoisotopic (exact) mass is 349 g/mol. The van der Waals surface area contributed by atoms with Gasteiger partial charge in [-0.2, -0.15) is 0 Å². The van der Waals surface area contributed by atoms with Crippen LogP contribution in [-0.2, 0) is 0 Å². The van der Waals surface area contributed by atoms with Gasteiger partial charge >= 0.3 is 0 Å². The lowest BCUT2D eigenvalue weighted by Crippen LogP contribution is -2.35. The Bertz CT molecular complexity index is 648. The maximum absolute atomic E-state index is 5.81. The van der Waals surface area contributed by atoms with Gasteiger partial charge in [0.2, 0.25) is 0 Å². The number of para-hydroxylation sites is 1. The molecule has 2 aliphatic rings. The number of hydrogen-bond acceptors (Lipinski definition) is 2. The first-order valence-electron chi connectivity index (χ1n) is 10.3. The lowest BCUT2D eigenvalue weighted by Gasteiger charge is -2.32. The molecule has 0 bridgehead atoms. The van der Waals surface area contributed by atoms with Crippen molar-refractivity contribution >= 4 is 0 Å². The standard InChI is InChI=1S/C24H31NO/c1-3-8-21(9-4-1)24-19-22(24)18-20-12-15-25(16-13-20)14-7-17-26-23-10-5-2-6-11-23/h1-6,8-11,20,22,24H,7,12-19H2/t22-,24+/m1/s1. The highest BCUT2D eigenvalue weighted by atomic mass is 16.5. The molecule has 2 nitrogen and oxygen atoms in total. The molecular weight excluding hydrogens is 318 g/mol. The Hall–Kier alpha value is -1.80. The molecule has 2 atom stereocenters. The van der Waals surface area contributed by atoms with Gasteiger partial charge in [0, 0.05) is 6.54 Å². The third-order valence-corrected chi connectivity index (χ3v) is 6.12. The van der Waals surface area contributed by atoms with Crippen molar-refractivity contribution < 1.29 is 4.74 Å².